The maximum Gasteiger partial charge on any atom is 3.00 e. The van der Waals surface area contributed by atoms with Gasteiger partial charge in [-0.3, -0.25) is 4.79 Å². The number of rotatable bonds is 28. The predicted molar refractivity (Wildman–Crippen MR) is 608 cm³/mol. The Morgan fingerprint density at radius 2 is 0.912 bits per heavy atom. The summed E-state index contributed by atoms with van der Waals surface area (Å²) in [6.07, 6.45) is 18.7. The zero-order valence-corrected chi connectivity index (χ0v) is 85.6. The van der Waals surface area contributed by atoms with E-state index < -0.39 is 5.41 Å². The molecule has 1 atom stereocenters. The molecule has 1 aliphatic heterocycles. The Kier molecular flexibility index (Phi) is 34.3. The number of hydrogen-bond donors (Lipinski definition) is 1. The van der Waals surface area contributed by atoms with Gasteiger partial charge in [-0.15, -0.1) is 78.2 Å². The van der Waals surface area contributed by atoms with Crippen LogP contribution in [0.4, 0.5) is 17.1 Å². The number of ether oxygens (including phenoxy) is 5. The first-order valence-corrected chi connectivity index (χ1v) is 50.0. The molecule has 0 fully saturated rings. The van der Waals surface area contributed by atoms with Crippen LogP contribution in [0, 0.1) is 73.8 Å². The maximum absolute atomic E-state index is 12.5. The van der Waals surface area contributed by atoms with Crippen LogP contribution in [-0.4, -0.2) is 35.6 Å². The largest absolute Gasteiger partial charge is 3.00 e. The number of ketones is 1. The molecule has 0 amide bonds. The third kappa shape index (κ3) is 24.4. The fourth-order valence-corrected chi connectivity index (χ4v) is 19.0. The molecular formula is C135H126IrN5O6. The van der Waals surface area contributed by atoms with Crippen LogP contribution in [0.25, 0.3) is 66.3 Å². The molecule has 12 heteroatoms. The second-order valence-electron chi connectivity index (χ2n) is 36.3. The Morgan fingerprint density at radius 3 is 1.50 bits per heavy atom. The SMILES string of the molecule is C#CC#CC#CC#CC1(C)c2ccccc2-c2ccccc21.CCCCCCOc1ccc(C2(c3ccc(OCCOc4ccc(CNCc5ccc(COc6ccc(C(=O)c7ccc[n-]7)cc6)cc5)cc4)cc3)c3ccccc3-c3ccc(C)cc32)cc1.CCCCc1ccc(N2c3ccccc3Oc3cc(C)ccc32)cc1.[HH].[HH].[HH].[HH].[HH].[HH].[HH].[Ir+3].[c-]1ccccc1-c1nccc2ccccc12.[c-]1ccccc1-c1nccc2ccccc12. The number of nitrogens with one attached hydrogen (secondary N) is 1. The van der Waals surface area contributed by atoms with Crippen molar-refractivity contribution in [3.63, 3.8) is 0 Å². The van der Waals surface area contributed by atoms with Gasteiger partial charge >= 0.3 is 20.1 Å². The van der Waals surface area contributed by atoms with Crippen molar-refractivity contribution in [2.75, 3.05) is 24.7 Å². The van der Waals surface area contributed by atoms with Gasteiger partial charge in [-0.1, -0.05) is 299 Å². The summed E-state index contributed by atoms with van der Waals surface area (Å²) in [6.45, 7) is 14.4. The molecule has 0 radical (unpaired) electrons. The molecule has 4 heterocycles. The average molecular weight is 2110 g/mol. The normalized spacial score (nSPS) is 12.4. The topological polar surface area (TPSA) is 118 Å². The van der Waals surface area contributed by atoms with Crippen LogP contribution in [0.2, 0.25) is 0 Å². The molecule has 147 heavy (non-hydrogen) atoms. The van der Waals surface area contributed by atoms with Gasteiger partial charge in [0.2, 0.25) is 0 Å². The first-order valence-electron chi connectivity index (χ1n) is 50.0. The number of carbonyl (C=O) groups excluding carboxylic acids is 1. The van der Waals surface area contributed by atoms with Crippen LogP contribution in [0.15, 0.2) is 419 Å². The second-order valence-corrected chi connectivity index (χ2v) is 36.3. The summed E-state index contributed by atoms with van der Waals surface area (Å²) in [4.78, 5) is 27.8. The molecule has 0 saturated heterocycles. The molecule has 3 aromatic heterocycles. The minimum absolute atomic E-state index is 0. The molecule has 16 aromatic carbocycles. The number of anilines is 3. The van der Waals surface area contributed by atoms with Crippen molar-refractivity contribution in [3.05, 3.63) is 509 Å². The van der Waals surface area contributed by atoms with Crippen LogP contribution in [0.3, 0.4) is 0 Å². The van der Waals surface area contributed by atoms with Gasteiger partial charge in [-0.05, 0) is 301 Å². The number of aromatic nitrogens is 3. The monoisotopic (exact) mass is 2110 g/mol. The Hall–Kier alpha value is -17.1. The van der Waals surface area contributed by atoms with E-state index in [9.17, 15) is 4.79 Å². The van der Waals surface area contributed by atoms with E-state index in [2.05, 4.69) is 368 Å². The van der Waals surface area contributed by atoms with Crippen LogP contribution >= 0.6 is 0 Å². The minimum atomic E-state index is -0.494. The summed E-state index contributed by atoms with van der Waals surface area (Å²) in [5.41, 5.74) is 27.3. The van der Waals surface area contributed by atoms with Crippen molar-refractivity contribution < 1.29 is 58.6 Å². The fourth-order valence-electron chi connectivity index (χ4n) is 19.0. The number of fused-ring (bicyclic) bond motifs is 10. The molecule has 1 N–H and O–H groups in total. The Bertz CT molecular complexity index is 7800. The van der Waals surface area contributed by atoms with E-state index in [-0.39, 0.29) is 41.3 Å². The second kappa shape index (κ2) is 49.8. The third-order valence-corrected chi connectivity index (χ3v) is 26.4. The summed E-state index contributed by atoms with van der Waals surface area (Å²) in [6, 6.07) is 144. The van der Waals surface area contributed by atoms with Gasteiger partial charge in [0.15, 0.2) is 17.3 Å². The average Bonchev–Trinajstić information content (AvgIpc) is 1.53. The smallest absolute Gasteiger partial charge is 0.661 e. The molecule has 22 rings (SSSR count). The van der Waals surface area contributed by atoms with Crippen molar-refractivity contribution >= 4 is 44.4 Å². The van der Waals surface area contributed by atoms with E-state index in [1.54, 1.807) is 30.5 Å². The number of para-hydroxylation sites is 2. The van der Waals surface area contributed by atoms with E-state index in [4.69, 9.17) is 30.1 Å². The predicted octanol–water partition coefficient (Wildman–Crippen LogP) is 32.5. The van der Waals surface area contributed by atoms with Crippen LogP contribution < -0.4 is 38.9 Å². The summed E-state index contributed by atoms with van der Waals surface area (Å²) in [5.74, 6) is 23.8. The Labute approximate surface area is 888 Å². The zero-order valence-electron chi connectivity index (χ0n) is 83.2. The van der Waals surface area contributed by atoms with Crippen molar-refractivity contribution in [3.8, 4) is 127 Å². The minimum Gasteiger partial charge on any atom is -0.661 e. The van der Waals surface area contributed by atoms with Crippen molar-refractivity contribution in [2.24, 2.45) is 0 Å². The van der Waals surface area contributed by atoms with Gasteiger partial charge < -0.3 is 48.9 Å². The van der Waals surface area contributed by atoms with Gasteiger partial charge in [-0.2, -0.15) is 6.20 Å². The van der Waals surface area contributed by atoms with Crippen LogP contribution in [0.1, 0.15) is 152 Å². The standard InChI is InChI=1S/C60H58N2O5.C23H23NO.C22H12.2C15H10N.Ir.7H2/c1-3-4-5-8-36-64-51-30-22-48(23-31-51)60(56-11-7-6-10-54(56)55-34-13-43(2)39-57(55)60)49-24-32-52(33-25-49)66-38-37-65-50-26-18-45(19-27-50)41-61-40-44-14-16-46(17-15-44)42-67-53-28-20-47(21-29-53)59(63)58-12-9-35-62-58;1-3-4-7-18-11-13-19(14-12-18)24-20-8-5-6-9-22(20)25-23-16-17(2)10-15-21(23)24;1-3-4-5-6-7-12-17-22(2)20-15-10-8-13-18(20)19-14-9-11-16-21(19)22;2*1-2-7-13(8-3-1)15-14-9-5-4-6-12(14)10-11-16-15;;;;;;;;/h6-7,9-35,39,61H,3-5,8,36-38,40-42H2,1-2H3,(H,62,63);5-6,8-16H,3-4,7H2,1-2H3;1,8-11,13-16H,2H3;2*1-7,9-11H;;7*1H/q;;;2*-1;+3;;;;;;;/p-1. The van der Waals surface area contributed by atoms with Gasteiger partial charge in [0, 0.05) is 46.7 Å². The number of terminal acetylenes is 1. The molecule has 1 unspecified atom stereocenters. The number of unbranched alkanes of at least 4 members (excludes halogenated alkanes) is 4. The quantitative estimate of drug-likeness (QED) is 0.0219. The van der Waals surface area contributed by atoms with Gasteiger partial charge in [-0.25, -0.2) is 0 Å². The number of hydrogen-bond acceptors (Lipinski definition) is 10. The molecule has 2 aliphatic carbocycles. The summed E-state index contributed by atoms with van der Waals surface area (Å²) < 4.78 is 30.6. The van der Waals surface area contributed by atoms with Crippen molar-refractivity contribution in [1.82, 2.24) is 20.3 Å². The first-order chi connectivity index (χ1) is 71.9. The Balaban J connectivity index is 0.000000226. The molecule has 0 bridgehead atoms. The van der Waals surface area contributed by atoms with Gasteiger partial charge in [0.25, 0.3) is 0 Å². The maximum atomic E-state index is 12.5. The zero-order chi connectivity index (χ0) is 100. The molecule has 3 aliphatic rings. The third-order valence-electron chi connectivity index (χ3n) is 26.4. The summed E-state index contributed by atoms with van der Waals surface area (Å²) in [7, 11) is 0. The van der Waals surface area contributed by atoms with E-state index in [1.807, 2.05) is 134 Å². The van der Waals surface area contributed by atoms with Gasteiger partial charge in [0.1, 0.15) is 42.8 Å². The molecule has 736 valence electrons. The fraction of sp³-hybridized carbons (Fsp3) is 0.148. The number of aryl methyl sites for hydroxylation is 3. The molecule has 0 spiro atoms. The van der Waals surface area contributed by atoms with Gasteiger partial charge in [0.05, 0.1) is 28.8 Å². The van der Waals surface area contributed by atoms with E-state index in [0.29, 0.717) is 36.8 Å². The summed E-state index contributed by atoms with van der Waals surface area (Å²) >= 11 is 0. The molecular weight excluding hydrogens is 1980 g/mol. The number of benzene rings is 16. The molecule has 11 nitrogen and oxygen atoms in total. The van der Waals surface area contributed by atoms with E-state index >= 15 is 0 Å². The molecule has 19 aromatic rings. The number of pyridine rings is 2. The Morgan fingerprint density at radius 1 is 0.429 bits per heavy atom. The molecule has 0 saturated carbocycles. The first kappa shape index (κ1) is 101. The van der Waals surface area contributed by atoms with E-state index in [0.717, 1.165) is 101 Å². The summed E-state index contributed by atoms with van der Waals surface area (Å²) in [5, 5.41) is 8.31. The van der Waals surface area contributed by atoms with Crippen molar-refractivity contribution in [1.29, 1.82) is 0 Å². The number of carbonyl (C=O) groups is 1. The van der Waals surface area contributed by atoms with Crippen molar-refractivity contribution in [2.45, 2.75) is 110 Å². The van der Waals surface area contributed by atoms with Crippen LogP contribution in [-0.2, 0) is 57.1 Å². The van der Waals surface area contributed by atoms with Crippen LogP contribution in [0.5, 0.6) is 34.5 Å². The van der Waals surface area contributed by atoms with E-state index in [1.165, 1.54) is 143 Å². The number of nitrogens with zero attached hydrogens (tertiary/aromatic N) is 4.